The van der Waals surface area contributed by atoms with E-state index in [2.05, 4.69) is 10.9 Å². The first kappa shape index (κ1) is 6.93. The van der Waals surface area contributed by atoms with Crippen LogP contribution in [0, 0.1) is 6.08 Å². The maximum absolute atomic E-state index is 8.38. The average Bonchev–Trinajstić information content (AvgIpc) is 2.04. The van der Waals surface area contributed by atoms with Crippen molar-refractivity contribution in [3.05, 3.63) is 29.8 Å². The highest BCUT2D eigenvalue weighted by Crippen LogP contribution is 2.00. The number of ether oxygens (including phenoxy) is 1. The fourth-order valence-corrected chi connectivity index (χ4v) is 0.739. The highest BCUT2D eigenvalue weighted by molar-refractivity contribution is 5.93. The quantitative estimate of drug-likeness (QED) is 0.383. The van der Waals surface area contributed by atoms with Gasteiger partial charge in [0.25, 0.3) is 0 Å². The van der Waals surface area contributed by atoms with Gasteiger partial charge in [-0.2, -0.15) is 4.79 Å². The van der Waals surface area contributed by atoms with Crippen LogP contribution in [0.2, 0.25) is 0 Å². The van der Waals surface area contributed by atoms with E-state index in [1.807, 2.05) is 0 Å². The Kier molecular flexibility index (Phi) is 2.15. The highest BCUT2D eigenvalue weighted by Gasteiger charge is 2.18. The molecule has 0 aromatic rings. The van der Waals surface area contributed by atoms with Crippen molar-refractivity contribution in [2.75, 3.05) is 7.11 Å². The van der Waals surface area contributed by atoms with Crippen molar-refractivity contribution < 1.29 is 9.53 Å². The summed E-state index contributed by atoms with van der Waals surface area (Å²) >= 11 is 0. The number of allylic oxidation sites excluding steroid dienone is 2. The van der Waals surface area contributed by atoms with Gasteiger partial charge in [0.15, 0.2) is 6.10 Å². The number of hydrogen-bond acceptors (Lipinski definition) is 1. The Balaban J connectivity index is 2.84. The Hall–Kier alpha value is -1.18. The molecular weight excluding hydrogens is 128 g/mol. The second-order valence-electron chi connectivity index (χ2n) is 1.84. The monoisotopic (exact) mass is 135 g/mol. The molecule has 0 aromatic heterocycles. The van der Waals surface area contributed by atoms with Gasteiger partial charge in [0.05, 0.1) is 6.08 Å². The van der Waals surface area contributed by atoms with Crippen LogP contribution in [0.4, 0.5) is 0 Å². The summed E-state index contributed by atoms with van der Waals surface area (Å²) in [6.07, 6.45) is 7.73. The first-order chi connectivity index (χ1) is 4.88. The smallest absolute Gasteiger partial charge is 0.332 e. The molecule has 3 nitrogen and oxygen atoms in total. The lowest BCUT2D eigenvalue weighted by Crippen LogP contribution is -2.21. The standard InChI is InChI=1S/C7H7N2O/c1-10-7-5-3-2-4-6(7)9-8/h2-3,5,7H,1H3. The Morgan fingerprint density at radius 3 is 3.10 bits per heavy atom. The number of nitrogens with zero attached hydrogens (tertiary/aromatic N) is 2. The van der Waals surface area contributed by atoms with E-state index < -0.39 is 0 Å². The lowest BCUT2D eigenvalue weighted by atomic mass is 10.1. The molecule has 10 heavy (non-hydrogen) atoms. The summed E-state index contributed by atoms with van der Waals surface area (Å²) in [6.45, 7) is 0. The molecule has 0 spiro atoms. The zero-order valence-corrected chi connectivity index (χ0v) is 5.61. The van der Waals surface area contributed by atoms with Crippen LogP contribution in [0.1, 0.15) is 0 Å². The third kappa shape index (κ3) is 1.21. The van der Waals surface area contributed by atoms with Gasteiger partial charge < -0.3 is 10.3 Å². The highest BCUT2D eigenvalue weighted by atomic mass is 16.5. The van der Waals surface area contributed by atoms with Gasteiger partial charge in [-0.05, 0) is 12.2 Å². The molecule has 1 unspecified atom stereocenters. The molecule has 3 heteroatoms. The summed E-state index contributed by atoms with van der Waals surface area (Å²) in [5, 5.41) is 0. The number of rotatable bonds is 1. The maximum atomic E-state index is 8.38. The molecule has 1 atom stereocenters. The molecule has 0 saturated heterocycles. The van der Waals surface area contributed by atoms with Crippen molar-refractivity contribution >= 4 is 5.71 Å². The average molecular weight is 135 g/mol. The Labute approximate surface area is 59.2 Å². The fourth-order valence-electron chi connectivity index (χ4n) is 0.739. The SMILES string of the molecule is COC1C=CC=[C]C1=[N+]=[N-]. The summed E-state index contributed by atoms with van der Waals surface area (Å²) in [4.78, 5) is 3.00. The third-order valence-corrected chi connectivity index (χ3v) is 1.24. The van der Waals surface area contributed by atoms with E-state index >= 15 is 0 Å². The summed E-state index contributed by atoms with van der Waals surface area (Å²) in [5.41, 5.74) is 8.79. The molecule has 0 bridgehead atoms. The van der Waals surface area contributed by atoms with Crippen molar-refractivity contribution in [1.29, 1.82) is 0 Å². The molecule has 0 aromatic carbocycles. The first-order valence-corrected chi connectivity index (χ1v) is 2.89. The van der Waals surface area contributed by atoms with Crippen LogP contribution in [-0.2, 0) is 4.74 Å². The van der Waals surface area contributed by atoms with Crippen molar-refractivity contribution in [2.45, 2.75) is 6.10 Å². The van der Waals surface area contributed by atoms with Crippen molar-refractivity contribution in [1.82, 2.24) is 0 Å². The summed E-state index contributed by atoms with van der Waals surface area (Å²) in [7, 11) is 1.55. The molecule has 1 radical (unpaired) electrons. The van der Waals surface area contributed by atoms with Crippen molar-refractivity contribution in [3.63, 3.8) is 0 Å². The van der Waals surface area contributed by atoms with Crippen LogP contribution in [0.3, 0.4) is 0 Å². The second kappa shape index (κ2) is 3.11. The largest absolute Gasteiger partial charge is 0.365 e. The van der Waals surface area contributed by atoms with Crippen LogP contribution in [0.25, 0.3) is 5.53 Å². The van der Waals surface area contributed by atoms with Crippen LogP contribution in [-0.4, -0.2) is 23.7 Å². The number of methoxy groups -OCH3 is 1. The van der Waals surface area contributed by atoms with Crippen molar-refractivity contribution in [2.24, 2.45) is 0 Å². The minimum atomic E-state index is -0.255. The molecular formula is C7H7N2O. The Bertz CT molecular complexity index is 224. The van der Waals surface area contributed by atoms with Crippen LogP contribution < -0.4 is 0 Å². The van der Waals surface area contributed by atoms with Gasteiger partial charge in [0.2, 0.25) is 0 Å². The molecule has 1 aliphatic rings. The molecule has 0 amide bonds. The molecule has 0 N–H and O–H groups in total. The zero-order valence-electron chi connectivity index (χ0n) is 5.61. The van der Waals surface area contributed by atoms with Crippen LogP contribution >= 0.6 is 0 Å². The zero-order chi connectivity index (χ0) is 7.40. The first-order valence-electron chi connectivity index (χ1n) is 2.89. The van der Waals surface area contributed by atoms with Gasteiger partial charge in [0.1, 0.15) is 0 Å². The lowest BCUT2D eigenvalue weighted by molar-refractivity contribution is -0.0191. The predicted octanol–water partition coefficient (Wildman–Crippen LogP) is 0.601. The fraction of sp³-hybridized carbons (Fsp3) is 0.286. The van der Waals surface area contributed by atoms with Gasteiger partial charge in [-0.1, -0.05) is 6.08 Å². The molecule has 0 aliphatic heterocycles. The van der Waals surface area contributed by atoms with Gasteiger partial charge in [-0.15, -0.1) is 0 Å². The van der Waals surface area contributed by atoms with E-state index in [9.17, 15) is 0 Å². The van der Waals surface area contributed by atoms with Crippen LogP contribution in [0.15, 0.2) is 18.2 Å². The van der Waals surface area contributed by atoms with Crippen molar-refractivity contribution in [3.8, 4) is 0 Å². The maximum Gasteiger partial charge on any atom is 0.332 e. The van der Waals surface area contributed by atoms with E-state index in [4.69, 9.17) is 10.3 Å². The van der Waals surface area contributed by atoms with E-state index in [0.717, 1.165) is 0 Å². The summed E-state index contributed by atoms with van der Waals surface area (Å²) < 4.78 is 4.93. The van der Waals surface area contributed by atoms with E-state index in [0.29, 0.717) is 5.71 Å². The molecule has 0 fully saturated rings. The van der Waals surface area contributed by atoms with E-state index in [1.165, 1.54) is 0 Å². The van der Waals surface area contributed by atoms with E-state index in [-0.39, 0.29) is 6.10 Å². The molecule has 0 saturated carbocycles. The molecule has 1 aliphatic carbocycles. The topological polar surface area (TPSA) is 45.6 Å². The normalized spacial score (nSPS) is 22.9. The molecule has 1 rings (SSSR count). The van der Waals surface area contributed by atoms with Crippen LogP contribution in [0.5, 0.6) is 0 Å². The Morgan fingerprint density at radius 1 is 1.80 bits per heavy atom. The minimum absolute atomic E-state index is 0.255. The second-order valence-corrected chi connectivity index (χ2v) is 1.84. The third-order valence-electron chi connectivity index (χ3n) is 1.24. The number of hydrogen-bond donors (Lipinski definition) is 0. The van der Waals surface area contributed by atoms with Gasteiger partial charge >= 0.3 is 5.71 Å². The summed E-state index contributed by atoms with van der Waals surface area (Å²) in [5.74, 6) is 0. The minimum Gasteiger partial charge on any atom is -0.365 e. The molecule has 51 valence electrons. The lowest BCUT2D eigenvalue weighted by Gasteiger charge is -2.03. The van der Waals surface area contributed by atoms with Gasteiger partial charge in [-0.25, -0.2) is 0 Å². The van der Waals surface area contributed by atoms with Gasteiger partial charge in [-0.3, -0.25) is 0 Å². The Morgan fingerprint density at radius 2 is 2.60 bits per heavy atom. The summed E-state index contributed by atoms with van der Waals surface area (Å²) in [6, 6.07) is 0. The molecule has 0 heterocycles. The van der Waals surface area contributed by atoms with E-state index in [1.54, 1.807) is 25.3 Å². The van der Waals surface area contributed by atoms with Gasteiger partial charge in [0, 0.05) is 7.11 Å². The predicted molar refractivity (Wildman–Crippen MR) is 36.4 cm³/mol.